The van der Waals surface area contributed by atoms with Crippen molar-refractivity contribution < 1.29 is 14.1 Å². The summed E-state index contributed by atoms with van der Waals surface area (Å²) in [5, 5.41) is 10.9. The molecule has 21 heavy (non-hydrogen) atoms. The molecule has 2 aromatic rings. The minimum atomic E-state index is -0.475. The number of benzene rings is 2. The molecule has 0 atom stereocenters. The maximum Gasteiger partial charge on any atom is 0.273 e. The van der Waals surface area contributed by atoms with Crippen molar-refractivity contribution in [3.05, 3.63) is 57.9 Å². The zero-order chi connectivity index (χ0) is 15.4. The number of rotatable bonds is 5. The number of anilines is 1. The van der Waals surface area contributed by atoms with Crippen LogP contribution in [0.3, 0.4) is 0 Å². The Morgan fingerprint density at radius 2 is 2.05 bits per heavy atom. The van der Waals surface area contributed by atoms with Crippen LogP contribution in [0, 0.1) is 15.9 Å². The lowest BCUT2D eigenvalue weighted by molar-refractivity contribution is -0.385. The Labute approximate surface area is 125 Å². The minimum absolute atomic E-state index is 0.0382. The highest BCUT2D eigenvalue weighted by molar-refractivity contribution is 7.98. The third-order valence-electron chi connectivity index (χ3n) is 2.70. The van der Waals surface area contributed by atoms with E-state index in [-0.39, 0.29) is 5.69 Å². The number of nitro groups is 1. The molecule has 110 valence electrons. The van der Waals surface area contributed by atoms with Gasteiger partial charge in [0, 0.05) is 22.4 Å². The molecule has 2 N–H and O–H groups in total. The second kappa shape index (κ2) is 6.45. The summed E-state index contributed by atoms with van der Waals surface area (Å²) in [6, 6.07) is 8.80. The first-order valence-electron chi connectivity index (χ1n) is 5.99. The van der Waals surface area contributed by atoms with Crippen LogP contribution in [0.4, 0.5) is 15.8 Å². The van der Waals surface area contributed by atoms with E-state index in [4.69, 9.17) is 10.5 Å². The van der Waals surface area contributed by atoms with Gasteiger partial charge in [-0.2, -0.15) is 0 Å². The number of nitrogen functional groups attached to an aromatic ring is 1. The average molecular weight is 308 g/mol. The SMILES string of the molecule is COc1cc(CSc2cc(N)cc(F)c2)cc([N+](=O)[O-])c1. The van der Waals surface area contributed by atoms with Crippen molar-refractivity contribution in [1.82, 2.24) is 0 Å². The summed E-state index contributed by atoms with van der Waals surface area (Å²) in [4.78, 5) is 11.1. The normalized spacial score (nSPS) is 10.4. The van der Waals surface area contributed by atoms with E-state index >= 15 is 0 Å². The number of non-ortho nitro benzene ring substituents is 1. The maximum atomic E-state index is 13.2. The molecule has 0 saturated carbocycles. The van der Waals surface area contributed by atoms with Crippen molar-refractivity contribution in [2.24, 2.45) is 0 Å². The molecule has 0 saturated heterocycles. The van der Waals surface area contributed by atoms with Crippen molar-refractivity contribution in [2.45, 2.75) is 10.6 Å². The number of hydrogen-bond donors (Lipinski definition) is 1. The average Bonchev–Trinajstić information content (AvgIpc) is 2.43. The van der Waals surface area contributed by atoms with Crippen LogP contribution in [-0.2, 0) is 5.75 Å². The van der Waals surface area contributed by atoms with Gasteiger partial charge in [0.2, 0.25) is 0 Å². The third kappa shape index (κ3) is 4.09. The maximum absolute atomic E-state index is 13.2. The first-order valence-corrected chi connectivity index (χ1v) is 6.97. The smallest absolute Gasteiger partial charge is 0.273 e. The van der Waals surface area contributed by atoms with E-state index in [0.717, 1.165) is 0 Å². The molecule has 2 aromatic carbocycles. The second-order valence-corrected chi connectivity index (χ2v) is 5.35. The lowest BCUT2D eigenvalue weighted by Crippen LogP contribution is -1.93. The van der Waals surface area contributed by atoms with Gasteiger partial charge in [-0.1, -0.05) is 0 Å². The second-order valence-electron chi connectivity index (χ2n) is 4.31. The van der Waals surface area contributed by atoms with E-state index in [1.165, 1.54) is 43.1 Å². The topological polar surface area (TPSA) is 78.4 Å². The molecule has 5 nitrogen and oxygen atoms in total. The monoisotopic (exact) mass is 308 g/mol. The predicted molar refractivity (Wildman–Crippen MR) is 80.0 cm³/mol. The molecule has 0 aliphatic carbocycles. The molecule has 7 heteroatoms. The van der Waals surface area contributed by atoms with Gasteiger partial charge in [0.1, 0.15) is 11.6 Å². The van der Waals surface area contributed by atoms with E-state index < -0.39 is 10.7 Å². The Kier molecular flexibility index (Phi) is 4.64. The van der Waals surface area contributed by atoms with Crippen LogP contribution in [0.2, 0.25) is 0 Å². The standard InChI is InChI=1S/C14H13FN2O3S/c1-20-13-3-9(2-12(7-13)17(18)19)8-21-14-5-10(15)4-11(16)6-14/h2-7H,8,16H2,1H3. The van der Waals surface area contributed by atoms with E-state index in [1.807, 2.05) is 0 Å². The lowest BCUT2D eigenvalue weighted by atomic mass is 10.2. The molecule has 0 radical (unpaired) electrons. The van der Waals surface area contributed by atoms with Gasteiger partial charge in [0.15, 0.2) is 0 Å². The fourth-order valence-corrected chi connectivity index (χ4v) is 2.70. The highest BCUT2D eigenvalue weighted by Gasteiger charge is 2.10. The molecule has 0 aliphatic rings. The molecule has 0 aliphatic heterocycles. The van der Waals surface area contributed by atoms with E-state index in [0.29, 0.717) is 27.6 Å². The molecule has 0 amide bonds. The summed E-state index contributed by atoms with van der Waals surface area (Å²) >= 11 is 1.34. The molecule has 0 bridgehead atoms. The number of ether oxygens (including phenoxy) is 1. The Morgan fingerprint density at radius 1 is 1.29 bits per heavy atom. The van der Waals surface area contributed by atoms with Crippen molar-refractivity contribution in [3.8, 4) is 5.75 Å². The first kappa shape index (κ1) is 15.1. The summed E-state index contributed by atoms with van der Waals surface area (Å²) < 4.78 is 18.3. The van der Waals surface area contributed by atoms with Gasteiger partial charge in [-0.15, -0.1) is 11.8 Å². The molecule has 0 spiro atoms. The Morgan fingerprint density at radius 3 is 2.67 bits per heavy atom. The van der Waals surface area contributed by atoms with Gasteiger partial charge < -0.3 is 10.5 Å². The zero-order valence-corrected chi connectivity index (χ0v) is 12.0. The zero-order valence-electron chi connectivity index (χ0n) is 11.2. The van der Waals surface area contributed by atoms with Gasteiger partial charge in [-0.05, 0) is 29.8 Å². The highest BCUT2D eigenvalue weighted by atomic mass is 32.2. The van der Waals surface area contributed by atoms with Crippen molar-refractivity contribution in [1.29, 1.82) is 0 Å². The molecule has 0 unspecified atom stereocenters. The van der Waals surface area contributed by atoms with Crippen LogP contribution in [0.25, 0.3) is 0 Å². The molecule has 0 fully saturated rings. The summed E-state index contributed by atoms with van der Waals surface area (Å²) in [5.74, 6) is 0.452. The van der Waals surface area contributed by atoms with Crippen molar-refractivity contribution in [3.63, 3.8) is 0 Å². The molecule has 0 heterocycles. The first-order chi connectivity index (χ1) is 9.97. The molecule has 0 aromatic heterocycles. The fraction of sp³-hybridized carbons (Fsp3) is 0.143. The van der Waals surface area contributed by atoms with Gasteiger partial charge in [-0.25, -0.2) is 4.39 Å². The fourth-order valence-electron chi connectivity index (χ4n) is 1.78. The molecular formula is C14H13FN2O3S. The Balaban J connectivity index is 2.19. The van der Waals surface area contributed by atoms with Crippen molar-refractivity contribution >= 4 is 23.1 Å². The Bertz CT molecular complexity index is 659. The lowest BCUT2D eigenvalue weighted by Gasteiger charge is -2.06. The number of nitro benzene ring substituents is 1. The van der Waals surface area contributed by atoms with Crippen LogP contribution in [0.5, 0.6) is 5.75 Å². The summed E-state index contributed by atoms with van der Waals surface area (Å²) in [5.41, 5.74) is 6.60. The van der Waals surface area contributed by atoms with Crippen LogP contribution in [0.15, 0.2) is 41.3 Å². The number of halogens is 1. The van der Waals surface area contributed by atoms with Gasteiger partial charge >= 0.3 is 0 Å². The Hall–Kier alpha value is -2.28. The number of nitrogens with zero attached hydrogens (tertiary/aromatic N) is 1. The van der Waals surface area contributed by atoms with Crippen LogP contribution in [-0.4, -0.2) is 12.0 Å². The van der Waals surface area contributed by atoms with Crippen molar-refractivity contribution in [2.75, 3.05) is 12.8 Å². The van der Waals surface area contributed by atoms with Crippen LogP contribution < -0.4 is 10.5 Å². The van der Waals surface area contributed by atoms with Gasteiger partial charge in [0.25, 0.3) is 5.69 Å². The molecular weight excluding hydrogens is 295 g/mol. The van der Waals surface area contributed by atoms with Crippen LogP contribution in [0.1, 0.15) is 5.56 Å². The molecule has 2 rings (SSSR count). The number of hydrogen-bond acceptors (Lipinski definition) is 5. The van der Waals surface area contributed by atoms with E-state index in [1.54, 1.807) is 12.1 Å². The predicted octanol–water partition coefficient (Wildman–Crippen LogP) is 3.62. The van der Waals surface area contributed by atoms with E-state index in [9.17, 15) is 14.5 Å². The minimum Gasteiger partial charge on any atom is -0.496 e. The largest absolute Gasteiger partial charge is 0.496 e. The highest BCUT2D eigenvalue weighted by Crippen LogP contribution is 2.29. The number of methoxy groups -OCH3 is 1. The third-order valence-corrected chi connectivity index (χ3v) is 3.74. The van der Waals surface area contributed by atoms with Gasteiger partial charge in [-0.3, -0.25) is 10.1 Å². The van der Waals surface area contributed by atoms with E-state index in [2.05, 4.69) is 0 Å². The van der Waals surface area contributed by atoms with Gasteiger partial charge in [0.05, 0.1) is 18.1 Å². The quantitative estimate of drug-likeness (QED) is 0.395. The number of thioether (sulfide) groups is 1. The summed E-state index contributed by atoms with van der Waals surface area (Å²) in [7, 11) is 1.45. The van der Waals surface area contributed by atoms with Crippen LogP contribution >= 0.6 is 11.8 Å². The number of nitrogens with two attached hydrogens (primary N) is 1. The summed E-state index contributed by atoms with van der Waals surface area (Å²) in [6.07, 6.45) is 0. The summed E-state index contributed by atoms with van der Waals surface area (Å²) in [6.45, 7) is 0.